The smallest absolute Gasteiger partial charge is 0.234 e. The standard InChI is InChI=1S/C15H21NO2S/c1-11-5-6-12(2)14(8-11)16-15(17)10-19-13-4-3-7-18-9-13/h5-6,8,13H,3-4,7,9-10H2,1-2H3,(H,16,17)/t13-/m1/s1. The fraction of sp³-hybridized carbons (Fsp3) is 0.533. The number of amides is 1. The molecule has 19 heavy (non-hydrogen) atoms. The summed E-state index contributed by atoms with van der Waals surface area (Å²) in [5, 5.41) is 3.46. The van der Waals surface area contributed by atoms with Crippen LogP contribution in [0.25, 0.3) is 0 Å². The third-order valence-corrected chi connectivity index (χ3v) is 4.51. The van der Waals surface area contributed by atoms with E-state index in [-0.39, 0.29) is 5.91 Å². The van der Waals surface area contributed by atoms with Crippen LogP contribution in [0.15, 0.2) is 18.2 Å². The fourth-order valence-electron chi connectivity index (χ4n) is 2.09. The highest BCUT2D eigenvalue weighted by atomic mass is 32.2. The molecule has 0 aromatic heterocycles. The summed E-state index contributed by atoms with van der Waals surface area (Å²) in [6.45, 7) is 5.69. The molecule has 0 radical (unpaired) electrons. The van der Waals surface area contributed by atoms with Crippen LogP contribution in [-0.2, 0) is 9.53 Å². The maximum absolute atomic E-state index is 11.9. The number of hydrogen-bond donors (Lipinski definition) is 1. The molecule has 1 saturated heterocycles. The third kappa shape index (κ3) is 4.55. The van der Waals surface area contributed by atoms with E-state index in [0.717, 1.165) is 42.9 Å². The first-order valence-electron chi connectivity index (χ1n) is 6.71. The highest BCUT2D eigenvalue weighted by Crippen LogP contribution is 2.21. The molecule has 0 spiro atoms. The van der Waals surface area contributed by atoms with Crippen LogP contribution in [0.3, 0.4) is 0 Å². The van der Waals surface area contributed by atoms with Crippen LogP contribution in [-0.4, -0.2) is 30.1 Å². The van der Waals surface area contributed by atoms with Crippen molar-refractivity contribution in [1.82, 2.24) is 0 Å². The molecular weight excluding hydrogens is 258 g/mol. The normalized spacial score (nSPS) is 19.2. The lowest BCUT2D eigenvalue weighted by atomic mass is 10.1. The third-order valence-electron chi connectivity index (χ3n) is 3.24. The van der Waals surface area contributed by atoms with Crippen molar-refractivity contribution < 1.29 is 9.53 Å². The van der Waals surface area contributed by atoms with E-state index in [1.54, 1.807) is 11.8 Å². The van der Waals surface area contributed by atoms with Crippen LogP contribution in [0.2, 0.25) is 0 Å². The zero-order valence-corrected chi connectivity index (χ0v) is 12.4. The minimum Gasteiger partial charge on any atom is -0.380 e. The van der Waals surface area contributed by atoms with Crippen molar-refractivity contribution >= 4 is 23.4 Å². The predicted octanol–water partition coefficient (Wildman–Crippen LogP) is 3.15. The van der Waals surface area contributed by atoms with Gasteiger partial charge in [0.2, 0.25) is 5.91 Å². The van der Waals surface area contributed by atoms with Crippen molar-refractivity contribution in [2.75, 3.05) is 24.3 Å². The van der Waals surface area contributed by atoms with Gasteiger partial charge in [-0.2, -0.15) is 0 Å². The molecule has 1 N–H and O–H groups in total. The van der Waals surface area contributed by atoms with Gasteiger partial charge in [-0.3, -0.25) is 4.79 Å². The maximum Gasteiger partial charge on any atom is 0.234 e. The molecule has 0 saturated carbocycles. The molecule has 1 aliphatic rings. The van der Waals surface area contributed by atoms with E-state index < -0.39 is 0 Å². The molecule has 104 valence electrons. The second-order valence-electron chi connectivity index (χ2n) is 5.02. The monoisotopic (exact) mass is 279 g/mol. The SMILES string of the molecule is Cc1ccc(C)c(NC(=O)CS[C@@H]2CCCOC2)c1. The molecular formula is C15H21NO2S. The highest BCUT2D eigenvalue weighted by Gasteiger charge is 2.16. The van der Waals surface area contributed by atoms with Crippen LogP contribution in [0.5, 0.6) is 0 Å². The molecule has 0 bridgehead atoms. The molecule has 1 fully saturated rings. The first kappa shape index (κ1) is 14.4. The summed E-state index contributed by atoms with van der Waals surface area (Å²) in [5.74, 6) is 0.575. The van der Waals surface area contributed by atoms with Crippen molar-refractivity contribution in [2.24, 2.45) is 0 Å². The minimum absolute atomic E-state index is 0.0734. The van der Waals surface area contributed by atoms with Crippen molar-refractivity contribution in [3.8, 4) is 0 Å². The molecule has 0 aliphatic carbocycles. The summed E-state index contributed by atoms with van der Waals surface area (Å²) >= 11 is 1.70. The van der Waals surface area contributed by atoms with Gasteiger partial charge in [-0.15, -0.1) is 11.8 Å². The van der Waals surface area contributed by atoms with Gasteiger partial charge in [-0.05, 0) is 43.9 Å². The first-order valence-corrected chi connectivity index (χ1v) is 7.76. The van der Waals surface area contributed by atoms with Gasteiger partial charge >= 0.3 is 0 Å². The van der Waals surface area contributed by atoms with Crippen LogP contribution in [0.1, 0.15) is 24.0 Å². The van der Waals surface area contributed by atoms with Gasteiger partial charge in [0.15, 0.2) is 0 Å². The van der Waals surface area contributed by atoms with Crippen molar-refractivity contribution in [3.05, 3.63) is 29.3 Å². The van der Waals surface area contributed by atoms with E-state index in [1.807, 2.05) is 26.0 Å². The number of carbonyl (C=O) groups excluding carboxylic acids is 1. The lowest BCUT2D eigenvalue weighted by Crippen LogP contribution is -2.23. The summed E-state index contributed by atoms with van der Waals surface area (Å²) in [4.78, 5) is 11.9. The Hall–Kier alpha value is -1.00. The fourth-order valence-corrected chi connectivity index (χ4v) is 3.08. The van der Waals surface area contributed by atoms with Crippen LogP contribution >= 0.6 is 11.8 Å². The lowest BCUT2D eigenvalue weighted by Gasteiger charge is -2.21. The van der Waals surface area contributed by atoms with E-state index >= 15 is 0 Å². The molecule has 3 nitrogen and oxygen atoms in total. The van der Waals surface area contributed by atoms with Crippen LogP contribution in [0.4, 0.5) is 5.69 Å². The van der Waals surface area contributed by atoms with Crippen LogP contribution < -0.4 is 5.32 Å². The second kappa shape index (κ2) is 6.96. The number of nitrogens with one attached hydrogen (secondary N) is 1. The summed E-state index contributed by atoms with van der Waals surface area (Å²) in [6.07, 6.45) is 2.26. The number of carbonyl (C=O) groups is 1. The van der Waals surface area contributed by atoms with Crippen molar-refractivity contribution in [2.45, 2.75) is 31.9 Å². The minimum atomic E-state index is 0.0734. The van der Waals surface area contributed by atoms with Crippen molar-refractivity contribution in [3.63, 3.8) is 0 Å². The molecule has 2 rings (SSSR count). The Morgan fingerprint density at radius 3 is 3.05 bits per heavy atom. The van der Waals surface area contributed by atoms with E-state index in [4.69, 9.17) is 4.74 Å². The van der Waals surface area contributed by atoms with Gasteiger partial charge in [0.1, 0.15) is 0 Å². The molecule has 1 aromatic carbocycles. The highest BCUT2D eigenvalue weighted by molar-refractivity contribution is 8.00. The number of anilines is 1. The maximum atomic E-state index is 11.9. The Labute approximate surface area is 119 Å². The molecule has 1 aliphatic heterocycles. The van der Waals surface area contributed by atoms with Gasteiger partial charge in [0, 0.05) is 17.5 Å². The Morgan fingerprint density at radius 1 is 1.47 bits per heavy atom. The number of aryl methyl sites for hydroxylation is 2. The predicted molar refractivity (Wildman–Crippen MR) is 80.8 cm³/mol. The van der Waals surface area contributed by atoms with E-state index in [2.05, 4.69) is 11.4 Å². The zero-order valence-electron chi connectivity index (χ0n) is 11.6. The van der Waals surface area contributed by atoms with Crippen molar-refractivity contribution in [1.29, 1.82) is 0 Å². The molecule has 1 amide bonds. The average Bonchev–Trinajstić information content (AvgIpc) is 2.42. The molecule has 4 heteroatoms. The quantitative estimate of drug-likeness (QED) is 0.920. The Balaban J connectivity index is 1.81. The zero-order chi connectivity index (χ0) is 13.7. The van der Waals surface area contributed by atoms with E-state index in [9.17, 15) is 4.79 Å². The molecule has 1 heterocycles. The number of rotatable bonds is 4. The molecule has 1 atom stereocenters. The number of ether oxygens (including phenoxy) is 1. The van der Waals surface area contributed by atoms with Gasteiger partial charge < -0.3 is 10.1 Å². The largest absolute Gasteiger partial charge is 0.380 e. The van der Waals surface area contributed by atoms with E-state index in [0.29, 0.717) is 11.0 Å². The number of benzene rings is 1. The summed E-state index contributed by atoms with van der Waals surface area (Å²) < 4.78 is 5.41. The summed E-state index contributed by atoms with van der Waals surface area (Å²) in [6, 6.07) is 6.10. The number of hydrogen-bond acceptors (Lipinski definition) is 3. The molecule has 1 aromatic rings. The second-order valence-corrected chi connectivity index (χ2v) is 6.31. The summed E-state index contributed by atoms with van der Waals surface area (Å²) in [7, 11) is 0. The topological polar surface area (TPSA) is 38.3 Å². The number of thioether (sulfide) groups is 1. The molecule has 0 unspecified atom stereocenters. The Morgan fingerprint density at radius 2 is 2.32 bits per heavy atom. The van der Waals surface area contributed by atoms with E-state index in [1.165, 1.54) is 0 Å². The van der Waals surface area contributed by atoms with Gasteiger partial charge in [-0.1, -0.05) is 12.1 Å². The van der Waals surface area contributed by atoms with Gasteiger partial charge in [-0.25, -0.2) is 0 Å². The average molecular weight is 279 g/mol. The Kier molecular flexibility index (Phi) is 5.28. The Bertz CT molecular complexity index is 442. The first-order chi connectivity index (χ1) is 9.15. The summed E-state index contributed by atoms with van der Waals surface area (Å²) in [5.41, 5.74) is 3.18. The van der Waals surface area contributed by atoms with Gasteiger partial charge in [0.05, 0.1) is 12.4 Å². The van der Waals surface area contributed by atoms with Gasteiger partial charge in [0.25, 0.3) is 0 Å². The lowest BCUT2D eigenvalue weighted by molar-refractivity contribution is -0.113. The van der Waals surface area contributed by atoms with Crippen LogP contribution in [0, 0.1) is 13.8 Å².